The molecule has 2 nitrogen and oxygen atoms in total. The number of rotatable bonds is 1. The van der Waals surface area contributed by atoms with Crippen LogP contribution >= 0.6 is 11.8 Å². The van der Waals surface area contributed by atoms with Gasteiger partial charge in [0.2, 0.25) is 0 Å². The first-order valence-corrected chi connectivity index (χ1v) is 6.37. The second-order valence-electron chi connectivity index (χ2n) is 3.87. The fourth-order valence-electron chi connectivity index (χ4n) is 2.02. The van der Waals surface area contributed by atoms with Gasteiger partial charge < -0.3 is 5.32 Å². The number of thioether (sulfide) groups is 1. The molecule has 0 bridgehead atoms. The fourth-order valence-corrected chi connectivity index (χ4v) is 2.83. The Hall–Kier alpha value is -0.180. The first-order chi connectivity index (χ1) is 6.45. The van der Waals surface area contributed by atoms with Crippen molar-refractivity contribution in [3.63, 3.8) is 0 Å². The first kappa shape index (κ1) is 9.38. The normalized spacial score (nSPS) is 25.4. The third kappa shape index (κ3) is 2.90. The second kappa shape index (κ2) is 4.89. The van der Waals surface area contributed by atoms with Crippen molar-refractivity contribution in [1.82, 2.24) is 5.32 Å². The van der Waals surface area contributed by atoms with Gasteiger partial charge in [-0.05, 0) is 12.8 Å². The Kier molecular flexibility index (Phi) is 3.53. The van der Waals surface area contributed by atoms with E-state index in [-0.39, 0.29) is 0 Å². The molecule has 74 valence electrons. The van der Waals surface area contributed by atoms with Crippen LogP contribution in [0.15, 0.2) is 4.99 Å². The zero-order valence-electron chi connectivity index (χ0n) is 8.09. The van der Waals surface area contributed by atoms with Crippen LogP contribution in [0.1, 0.15) is 38.5 Å². The van der Waals surface area contributed by atoms with E-state index in [9.17, 15) is 0 Å². The molecule has 0 aromatic heterocycles. The minimum atomic E-state index is 0.715. The molecule has 0 aromatic rings. The average molecular weight is 198 g/mol. The second-order valence-corrected chi connectivity index (χ2v) is 4.95. The van der Waals surface area contributed by atoms with Gasteiger partial charge in [0.15, 0.2) is 5.17 Å². The third-order valence-electron chi connectivity index (χ3n) is 2.77. The highest BCUT2D eigenvalue weighted by Gasteiger charge is 2.15. The largest absolute Gasteiger partial charge is 0.362 e. The highest BCUT2D eigenvalue weighted by atomic mass is 32.2. The van der Waals surface area contributed by atoms with Crippen LogP contribution in [0.3, 0.4) is 0 Å². The van der Waals surface area contributed by atoms with E-state index in [2.05, 4.69) is 10.3 Å². The predicted octanol–water partition coefficient (Wildman–Crippen LogP) is 2.40. The molecule has 0 spiro atoms. The van der Waals surface area contributed by atoms with Crippen molar-refractivity contribution in [2.75, 3.05) is 12.3 Å². The van der Waals surface area contributed by atoms with Crippen LogP contribution in [-0.4, -0.2) is 23.5 Å². The average Bonchev–Trinajstić information content (AvgIpc) is 2.49. The monoisotopic (exact) mass is 198 g/mol. The lowest BCUT2D eigenvalue weighted by molar-refractivity contribution is 0.536. The molecule has 13 heavy (non-hydrogen) atoms. The van der Waals surface area contributed by atoms with Crippen molar-refractivity contribution in [3.8, 4) is 0 Å². The minimum absolute atomic E-state index is 0.715. The summed E-state index contributed by atoms with van der Waals surface area (Å²) >= 11 is 1.88. The summed E-state index contributed by atoms with van der Waals surface area (Å²) in [5, 5.41) is 4.77. The zero-order valence-corrected chi connectivity index (χ0v) is 8.91. The Morgan fingerprint density at radius 3 is 2.54 bits per heavy atom. The molecule has 0 atom stereocenters. The van der Waals surface area contributed by atoms with Gasteiger partial charge in [-0.2, -0.15) is 0 Å². The quantitative estimate of drug-likeness (QED) is 0.654. The molecule has 0 unspecified atom stereocenters. The van der Waals surface area contributed by atoms with Crippen molar-refractivity contribution < 1.29 is 0 Å². The van der Waals surface area contributed by atoms with Gasteiger partial charge in [-0.3, -0.25) is 4.99 Å². The molecule has 1 heterocycles. The summed E-state index contributed by atoms with van der Waals surface area (Å²) in [6.45, 7) is 1.01. The first-order valence-electron chi connectivity index (χ1n) is 5.39. The molecule has 0 radical (unpaired) electrons. The van der Waals surface area contributed by atoms with Gasteiger partial charge in [0, 0.05) is 11.8 Å². The summed E-state index contributed by atoms with van der Waals surface area (Å²) in [6.07, 6.45) is 8.35. The lowest BCUT2D eigenvalue weighted by Gasteiger charge is -2.16. The molecule has 0 aromatic carbocycles. The van der Waals surface area contributed by atoms with Crippen LogP contribution < -0.4 is 5.32 Å². The Morgan fingerprint density at radius 1 is 1.15 bits per heavy atom. The van der Waals surface area contributed by atoms with Gasteiger partial charge in [0.05, 0.1) is 6.54 Å². The van der Waals surface area contributed by atoms with Crippen LogP contribution in [-0.2, 0) is 0 Å². The number of amidine groups is 1. The smallest absolute Gasteiger partial charge is 0.156 e. The maximum absolute atomic E-state index is 4.43. The van der Waals surface area contributed by atoms with Crippen LogP contribution in [0.25, 0.3) is 0 Å². The fraction of sp³-hybridized carbons (Fsp3) is 0.900. The topological polar surface area (TPSA) is 24.4 Å². The number of nitrogens with one attached hydrogen (secondary N) is 1. The zero-order chi connectivity index (χ0) is 8.93. The molecule has 0 saturated heterocycles. The molecule has 1 saturated carbocycles. The summed E-state index contributed by atoms with van der Waals surface area (Å²) in [4.78, 5) is 4.43. The Bertz CT molecular complexity index is 183. The lowest BCUT2D eigenvalue weighted by atomic mass is 10.1. The molecule has 1 aliphatic carbocycles. The van der Waals surface area contributed by atoms with Gasteiger partial charge in [-0.15, -0.1) is 0 Å². The molecule has 1 N–H and O–H groups in total. The molecule has 3 heteroatoms. The summed E-state index contributed by atoms with van der Waals surface area (Å²) in [7, 11) is 0. The van der Waals surface area contributed by atoms with Crippen LogP contribution in [0.4, 0.5) is 0 Å². The van der Waals surface area contributed by atoms with Gasteiger partial charge in [0.1, 0.15) is 0 Å². The number of hydrogen-bond donors (Lipinski definition) is 1. The highest BCUT2D eigenvalue weighted by Crippen LogP contribution is 2.19. The molecule has 1 aliphatic heterocycles. The van der Waals surface area contributed by atoms with E-state index in [1.54, 1.807) is 0 Å². The van der Waals surface area contributed by atoms with Gasteiger partial charge >= 0.3 is 0 Å². The summed E-state index contributed by atoms with van der Waals surface area (Å²) in [6, 6.07) is 0.715. The van der Waals surface area contributed by atoms with E-state index in [1.165, 1.54) is 49.4 Å². The van der Waals surface area contributed by atoms with E-state index >= 15 is 0 Å². The summed E-state index contributed by atoms with van der Waals surface area (Å²) in [5.41, 5.74) is 0. The van der Waals surface area contributed by atoms with Crippen molar-refractivity contribution in [3.05, 3.63) is 0 Å². The van der Waals surface area contributed by atoms with Gasteiger partial charge in [0.25, 0.3) is 0 Å². The van der Waals surface area contributed by atoms with Crippen molar-refractivity contribution in [2.24, 2.45) is 4.99 Å². The number of aliphatic imine (C=N–C) groups is 1. The Morgan fingerprint density at radius 2 is 1.92 bits per heavy atom. The Labute approximate surface area is 84.6 Å². The van der Waals surface area contributed by atoms with E-state index in [4.69, 9.17) is 0 Å². The Balaban J connectivity index is 1.78. The maximum Gasteiger partial charge on any atom is 0.156 e. The third-order valence-corrected chi connectivity index (χ3v) is 3.68. The minimum Gasteiger partial charge on any atom is -0.362 e. The summed E-state index contributed by atoms with van der Waals surface area (Å²) < 4.78 is 0. The van der Waals surface area contributed by atoms with Crippen molar-refractivity contribution in [1.29, 1.82) is 0 Å². The number of hydrogen-bond acceptors (Lipinski definition) is 3. The van der Waals surface area contributed by atoms with E-state index < -0.39 is 0 Å². The van der Waals surface area contributed by atoms with Crippen molar-refractivity contribution >= 4 is 16.9 Å². The van der Waals surface area contributed by atoms with E-state index in [0.29, 0.717) is 6.04 Å². The lowest BCUT2D eigenvalue weighted by Crippen LogP contribution is -2.31. The number of nitrogens with zero attached hydrogens (tertiary/aromatic N) is 1. The standard InChI is InChI=1S/C10H18N2S/c1-2-4-6-9(5-3-1)12-10-11-7-8-13-10/h9H,1-8H2,(H,11,12). The predicted molar refractivity (Wildman–Crippen MR) is 59.4 cm³/mol. The molecular weight excluding hydrogens is 180 g/mol. The van der Waals surface area contributed by atoms with Crippen LogP contribution in [0.5, 0.6) is 0 Å². The molecule has 1 fully saturated rings. The molecule has 2 aliphatic rings. The van der Waals surface area contributed by atoms with E-state index in [1.807, 2.05) is 11.8 Å². The summed E-state index contributed by atoms with van der Waals surface area (Å²) in [5.74, 6) is 1.18. The van der Waals surface area contributed by atoms with Crippen LogP contribution in [0, 0.1) is 0 Å². The molecule has 2 rings (SSSR count). The SMILES string of the molecule is C1CCCC(NC2=NCCS2)CC1. The highest BCUT2D eigenvalue weighted by molar-refractivity contribution is 8.14. The molecule has 0 amide bonds. The maximum atomic E-state index is 4.43. The van der Waals surface area contributed by atoms with Gasteiger partial charge in [-0.1, -0.05) is 37.4 Å². The van der Waals surface area contributed by atoms with Crippen molar-refractivity contribution in [2.45, 2.75) is 44.6 Å². The van der Waals surface area contributed by atoms with E-state index in [0.717, 1.165) is 6.54 Å². The van der Waals surface area contributed by atoms with Crippen LogP contribution in [0.2, 0.25) is 0 Å². The van der Waals surface area contributed by atoms with Gasteiger partial charge in [-0.25, -0.2) is 0 Å². The molecular formula is C10H18N2S.